The van der Waals surface area contributed by atoms with Crippen molar-refractivity contribution in [2.24, 2.45) is 17.3 Å². The number of hydrogen-bond donors (Lipinski definition) is 2. The highest BCUT2D eigenvalue weighted by Gasteiger charge is 2.43. The molecule has 2 rings (SSSR count). The van der Waals surface area contributed by atoms with Gasteiger partial charge in [0.1, 0.15) is 0 Å². The van der Waals surface area contributed by atoms with Gasteiger partial charge in [-0.05, 0) is 39.0 Å². The van der Waals surface area contributed by atoms with Crippen LogP contribution in [0, 0.1) is 17.3 Å². The van der Waals surface area contributed by atoms with Crippen molar-refractivity contribution in [1.82, 2.24) is 10.2 Å². The molecule has 6 nitrogen and oxygen atoms in total. The van der Waals surface area contributed by atoms with Gasteiger partial charge in [-0.3, -0.25) is 14.4 Å². The van der Waals surface area contributed by atoms with Gasteiger partial charge in [0.25, 0.3) is 0 Å². The number of hydrogen-bond acceptors (Lipinski definition) is 3. The second-order valence-electron chi connectivity index (χ2n) is 6.54. The molecule has 118 valence electrons. The third-order valence-electron chi connectivity index (χ3n) is 4.99. The van der Waals surface area contributed by atoms with Crippen LogP contribution in [0.15, 0.2) is 0 Å². The van der Waals surface area contributed by atoms with E-state index < -0.39 is 11.4 Å². The molecular formula is C15H24N2O4. The number of nitrogens with one attached hydrogen (secondary N) is 1. The van der Waals surface area contributed by atoms with E-state index in [0.717, 1.165) is 0 Å². The molecule has 6 heteroatoms. The Bertz CT molecular complexity index is 443. The Morgan fingerprint density at radius 1 is 1.14 bits per heavy atom. The van der Waals surface area contributed by atoms with Crippen LogP contribution in [0.25, 0.3) is 0 Å². The van der Waals surface area contributed by atoms with E-state index in [0.29, 0.717) is 45.2 Å². The molecule has 1 aliphatic carbocycles. The lowest BCUT2D eigenvalue weighted by Crippen LogP contribution is -2.42. The lowest BCUT2D eigenvalue weighted by atomic mass is 9.81. The molecule has 1 unspecified atom stereocenters. The van der Waals surface area contributed by atoms with Crippen LogP contribution in [0.2, 0.25) is 0 Å². The zero-order chi connectivity index (χ0) is 15.6. The van der Waals surface area contributed by atoms with Gasteiger partial charge in [0.2, 0.25) is 11.8 Å². The maximum absolute atomic E-state index is 12.5. The standard InChI is InChI=1S/C15H24N2O4/c1-15(14(21)16-2)7-8-17(9-15)12(18)10-3-5-11(6-4-10)13(19)20/h10-11H,3-9H2,1-2H3,(H,16,21)(H,19,20). The first-order chi connectivity index (χ1) is 9.87. The number of likely N-dealkylation sites (tertiary alicyclic amines) is 1. The number of carboxylic acid groups (broad SMARTS) is 1. The quantitative estimate of drug-likeness (QED) is 0.809. The van der Waals surface area contributed by atoms with E-state index in [1.807, 2.05) is 6.92 Å². The number of carboxylic acids is 1. The molecule has 2 N–H and O–H groups in total. The first kappa shape index (κ1) is 15.8. The fraction of sp³-hybridized carbons (Fsp3) is 0.800. The number of aliphatic carboxylic acids is 1. The van der Waals surface area contributed by atoms with E-state index in [1.165, 1.54) is 0 Å². The van der Waals surface area contributed by atoms with Gasteiger partial charge in [-0.2, -0.15) is 0 Å². The van der Waals surface area contributed by atoms with E-state index >= 15 is 0 Å². The predicted molar refractivity (Wildman–Crippen MR) is 76.5 cm³/mol. The molecule has 0 aromatic rings. The summed E-state index contributed by atoms with van der Waals surface area (Å²) >= 11 is 0. The largest absolute Gasteiger partial charge is 0.481 e. The summed E-state index contributed by atoms with van der Waals surface area (Å²) in [4.78, 5) is 37.1. The minimum Gasteiger partial charge on any atom is -0.481 e. The maximum Gasteiger partial charge on any atom is 0.306 e. The smallest absolute Gasteiger partial charge is 0.306 e. The van der Waals surface area contributed by atoms with E-state index in [4.69, 9.17) is 5.11 Å². The first-order valence-corrected chi connectivity index (χ1v) is 7.61. The summed E-state index contributed by atoms with van der Waals surface area (Å²) in [5, 5.41) is 11.7. The van der Waals surface area contributed by atoms with Crippen LogP contribution in [0.4, 0.5) is 0 Å². The van der Waals surface area contributed by atoms with E-state index in [9.17, 15) is 14.4 Å². The van der Waals surface area contributed by atoms with Crippen molar-refractivity contribution < 1.29 is 19.5 Å². The average Bonchev–Trinajstić information content (AvgIpc) is 2.89. The molecule has 1 saturated carbocycles. The van der Waals surface area contributed by atoms with Crippen molar-refractivity contribution >= 4 is 17.8 Å². The fourth-order valence-corrected chi connectivity index (χ4v) is 3.48. The zero-order valence-electron chi connectivity index (χ0n) is 12.7. The number of nitrogens with zero attached hydrogens (tertiary/aromatic N) is 1. The zero-order valence-corrected chi connectivity index (χ0v) is 12.7. The number of carbonyl (C=O) groups is 3. The summed E-state index contributed by atoms with van der Waals surface area (Å²) in [5.74, 6) is -1.07. The van der Waals surface area contributed by atoms with E-state index in [2.05, 4.69) is 5.32 Å². The van der Waals surface area contributed by atoms with Crippen molar-refractivity contribution in [3.05, 3.63) is 0 Å². The highest BCUT2D eigenvalue weighted by atomic mass is 16.4. The molecule has 2 fully saturated rings. The molecule has 1 atom stereocenters. The number of rotatable bonds is 3. The second kappa shape index (κ2) is 6.03. The average molecular weight is 296 g/mol. The summed E-state index contributed by atoms with van der Waals surface area (Å²) in [6.07, 6.45) is 3.12. The van der Waals surface area contributed by atoms with Gasteiger partial charge in [0.15, 0.2) is 0 Å². The molecule has 0 aromatic heterocycles. The Hall–Kier alpha value is -1.59. The van der Waals surface area contributed by atoms with Crippen LogP contribution in [-0.2, 0) is 14.4 Å². The Morgan fingerprint density at radius 3 is 2.24 bits per heavy atom. The third kappa shape index (κ3) is 3.19. The van der Waals surface area contributed by atoms with E-state index in [1.54, 1.807) is 11.9 Å². The molecule has 0 bridgehead atoms. The van der Waals surface area contributed by atoms with Crippen molar-refractivity contribution in [2.75, 3.05) is 20.1 Å². The van der Waals surface area contributed by atoms with Crippen molar-refractivity contribution in [2.45, 2.75) is 39.0 Å². The molecule has 1 aliphatic heterocycles. The molecule has 21 heavy (non-hydrogen) atoms. The Morgan fingerprint density at radius 2 is 1.71 bits per heavy atom. The van der Waals surface area contributed by atoms with Crippen molar-refractivity contribution in [3.8, 4) is 0 Å². The Balaban J connectivity index is 1.91. The SMILES string of the molecule is CNC(=O)C1(C)CCN(C(=O)C2CCC(C(=O)O)CC2)C1. The molecule has 0 spiro atoms. The minimum atomic E-state index is -0.755. The lowest BCUT2D eigenvalue weighted by Gasteiger charge is -2.29. The highest BCUT2D eigenvalue weighted by Crippen LogP contribution is 2.35. The van der Waals surface area contributed by atoms with Gasteiger partial charge in [0.05, 0.1) is 11.3 Å². The van der Waals surface area contributed by atoms with Crippen molar-refractivity contribution in [1.29, 1.82) is 0 Å². The first-order valence-electron chi connectivity index (χ1n) is 7.61. The van der Waals surface area contributed by atoms with Gasteiger partial charge >= 0.3 is 5.97 Å². The van der Waals surface area contributed by atoms with Gasteiger partial charge in [-0.15, -0.1) is 0 Å². The monoisotopic (exact) mass is 296 g/mol. The van der Waals surface area contributed by atoms with Crippen LogP contribution in [0.5, 0.6) is 0 Å². The van der Waals surface area contributed by atoms with Crippen LogP contribution >= 0.6 is 0 Å². The molecule has 2 amide bonds. The third-order valence-corrected chi connectivity index (χ3v) is 4.99. The van der Waals surface area contributed by atoms with Gasteiger partial charge < -0.3 is 15.3 Å². The van der Waals surface area contributed by atoms with Gasteiger partial charge in [-0.1, -0.05) is 0 Å². The second-order valence-corrected chi connectivity index (χ2v) is 6.54. The van der Waals surface area contributed by atoms with Crippen LogP contribution in [-0.4, -0.2) is 47.9 Å². The fourth-order valence-electron chi connectivity index (χ4n) is 3.48. The Kier molecular flexibility index (Phi) is 4.54. The van der Waals surface area contributed by atoms with E-state index in [-0.39, 0.29) is 23.7 Å². The summed E-state index contributed by atoms with van der Waals surface area (Å²) in [6, 6.07) is 0. The maximum atomic E-state index is 12.5. The predicted octanol–water partition coefficient (Wildman–Crippen LogP) is 0.862. The van der Waals surface area contributed by atoms with Gasteiger partial charge in [0, 0.05) is 26.1 Å². The normalized spacial score (nSPS) is 32.8. The topological polar surface area (TPSA) is 86.7 Å². The lowest BCUT2D eigenvalue weighted by molar-refractivity contribution is -0.145. The number of carbonyl (C=O) groups excluding carboxylic acids is 2. The molecular weight excluding hydrogens is 272 g/mol. The van der Waals surface area contributed by atoms with Crippen LogP contribution in [0.3, 0.4) is 0 Å². The van der Waals surface area contributed by atoms with Crippen molar-refractivity contribution in [3.63, 3.8) is 0 Å². The highest BCUT2D eigenvalue weighted by molar-refractivity contribution is 5.85. The molecule has 1 heterocycles. The number of amides is 2. The Labute approximate surface area is 124 Å². The molecule has 1 saturated heterocycles. The molecule has 0 radical (unpaired) electrons. The van der Waals surface area contributed by atoms with Gasteiger partial charge in [-0.25, -0.2) is 0 Å². The summed E-state index contributed by atoms with van der Waals surface area (Å²) in [7, 11) is 1.62. The van der Waals surface area contributed by atoms with Crippen LogP contribution < -0.4 is 5.32 Å². The molecule has 2 aliphatic rings. The summed E-state index contributed by atoms with van der Waals surface area (Å²) in [5.41, 5.74) is -0.497. The molecule has 0 aromatic carbocycles. The minimum absolute atomic E-state index is 0.0209. The summed E-state index contributed by atoms with van der Waals surface area (Å²) in [6.45, 7) is 2.96. The van der Waals surface area contributed by atoms with Crippen LogP contribution in [0.1, 0.15) is 39.0 Å². The summed E-state index contributed by atoms with van der Waals surface area (Å²) < 4.78 is 0.